The summed E-state index contributed by atoms with van der Waals surface area (Å²) in [6.45, 7) is 3.64. The van der Waals surface area contributed by atoms with Crippen molar-refractivity contribution in [1.82, 2.24) is 0 Å². The molecule has 0 saturated heterocycles. The Morgan fingerprint density at radius 1 is 0.419 bits per heavy atom. The summed E-state index contributed by atoms with van der Waals surface area (Å²) in [6, 6.07) is 0. The summed E-state index contributed by atoms with van der Waals surface area (Å²) in [5.41, 5.74) is 5.38. The average molecular weight is 1060 g/mol. The first-order valence-electron chi connectivity index (χ1n) is 31.3. The van der Waals surface area contributed by atoms with E-state index in [1.54, 1.807) is 0 Å². The van der Waals surface area contributed by atoms with Gasteiger partial charge in [-0.05, 0) is 77.0 Å². The summed E-state index contributed by atoms with van der Waals surface area (Å²) in [4.78, 5) is 35.1. The highest BCUT2D eigenvalue weighted by Gasteiger charge is 2.26. The fourth-order valence-corrected chi connectivity index (χ4v) is 9.80. The highest BCUT2D eigenvalue weighted by Crippen LogP contribution is 2.43. The molecule has 0 aliphatic rings. The van der Waals surface area contributed by atoms with Gasteiger partial charge in [-0.2, -0.15) is 0 Å². The maximum atomic E-state index is 12.7. The zero-order valence-corrected chi connectivity index (χ0v) is 49.2. The molecule has 0 heterocycles. The zero-order chi connectivity index (χ0) is 53.8. The first-order valence-corrected chi connectivity index (χ1v) is 32.8. The van der Waals surface area contributed by atoms with Crippen LogP contribution < -0.4 is 5.73 Å². The van der Waals surface area contributed by atoms with Gasteiger partial charge >= 0.3 is 19.8 Å². The number of rotatable bonds is 59. The monoisotopic (exact) mass is 1060 g/mol. The molecule has 9 nitrogen and oxygen atoms in total. The van der Waals surface area contributed by atoms with Gasteiger partial charge < -0.3 is 20.1 Å². The molecule has 0 radical (unpaired) electrons. The van der Waals surface area contributed by atoms with Gasteiger partial charge in [0.1, 0.15) is 6.61 Å². The molecule has 3 N–H and O–H groups in total. The number of unbranched alkanes of at least 4 members (excludes halogenated alkanes) is 36. The highest BCUT2D eigenvalue weighted by molar-refractivity contribution is 7.47. The van der Waals surface area contributed by atoms with Gasteiger partial charge in [-0.3, -0.25) is 18.6 Å². The maximum absolute atomic E-state index is 12.7. The van der Waals surface area contributed by atoms with Crippen LogP contribution >= 0.6 is 7.82 Å². The standard InChI is InChI=1S/C64H118NO8P/c1-3-5-7-9-11-13-15-17-19-20-21-22-23-24-25-26-27-28-29-30-31-32-33-34-35-36-37-38-39-40-41-42-43-45-47-49-51-53-55-57-64(67)73-62(61-72-74(68,69)71-59-58-65)60-70-63(66)56-54-52-50-48-46-44-18-16-14-12-10-8-6-4-2/h5,7,11,13,16-19,21-22,62H,3-4,6,8-10,12,14-15,20,23-61,65H2,1-2H3,(H,68,69)/b7-5-,13-11-,18-16-,19-17-,22-21-. The fraction of sp³-hybridized carbons (Fsp3) is 0.812. The van der Waals surface area contributed by atoms with Crippen LogP contribution in [0.4, 0.5) is 0 Å². The van der Waals surface area contributed by atoms with E-state index < -0.39 is 26.5 Å². The van der Waals surface area contributed by atoms with Crippen molar-refractivity contribution in [1.29, 1.82) is 0 Å². The number of carbonyl (C=O) groups is 2. The van der Waals surface area contributed by atoms with Crippen molar-refractivity contribution >= 4 is 19.8 Å². The highest BCUT2D eigenvalue weighted by atomic mass is 31.2. The summed E-state index contributed by atoms with van der Waals surface area (Å²) in [5, 5.41) is 0. The minimum atomic E-state index is -4.39. The number of phosphoric acid groups is 1. The van der Waals surface area contributed by atoms with Gasteiger partial charge in [-0.25, -0.2) is 4.57 Å². The Labute approximate surface area is 457 Å². The minimum Gasteiger partial charge on any atom is -0.462 e. The van der Waals surface area contributed by atoms with Gasteiger partial charge in [-0.1, -0.05) is 274 Å². The van der Waals surface area contributed by atoms with Crippen molar-refractivity contribution in [3.8, 4) is 0 Å². The first-order chi connectivity index (χ1) is 36.3. The van der Waals surface area contributed by atoms with Crippen molar-refractivity contribution in [2.75, 3.05) is 26.4 Å². The van der Waals surface area contributed by atoms with Crippen LogP contribution in [0.3, 0.4) is 0 Å². The third-order valence-corrected chi connectivity index (χ3v) is 14.6. The number of hydrogen-bond donors (Lipinski definition) is 2. The summed E-state index contributed by atoms with van der Waals surface area (Å²) in [7, 11) is -4.39. The summed E-state index contributed by atoms with van der Waals surface area (Å²) in [5.74, 6) is -0.825. The molecule has 432 valence electrons. The normalized spacial score (nSPS) is 13.4. The molecular weight excluding hydrogens is 942 g/mol. The topological polar surface area (TPSA) is 134 Å². The molecule has 2 atom stereocenters. The van der Waals surface area contributed by atoms with Crippen LogP contribution in [0, 0.1) is 0 Å². The summed E-state index contributed by atoms with van der Waals surface area (Å²) >= 11 is 0. The summed E-state index contributed by atoms with van der Waals surface area (Å²) < 4.78 is 33.0. The van der Waals surface area contributed by atoms with Crippen molar-refractivity contribution in [3.05, 3.63) is 60.8 Å². The third-order valence-electron chi connectivity index (χ3n) is 13.6. The molecule has 0 aromatic rings. The van der Waals surface area contributed by atoms with Crippen LogP contribution in [-0.2, 0) is 32.7 Å². The molecule has 0 bridgehead atoms. The van der Waals surface area contributed by atoms with Crippen molar-refractivity contribution in [2.45, 2.75) is 309 Å². The van der Waals surface area contributed by atoms with Crippen molar-refractivity contribution < 1.29 is 37.6 Å². The SMILES string of the molecule is CC/C=C\C/C=C\C/C=C\C/C=C\CCCCCCCCCCCCCCCCCCCCCCCCCCCCC(=O)OC(COC(=O)CCCCCCC/C=C\CCCCCCC)COP(=O)(O)OCCN. The molecule has 0 aromatic heterocycles. The number of hydrogen-bond acceptors (Lipinski definition) is 8. The van der Waals surface area contributed by atoms with Crippen molar-refractivity contribution in [3.63, 3.8) is 0 Å². The van der Waals surface area contributed by atoms with E-state index >= 15 is 0 Å². The van der Waals surface area contributed by atoms with Crippen LogP contribution in [0.25, 0.3) is 0 Å². The molecule has 0 spiro atoms. The largest absolute Gasteiger partial charge is 0.472 e. The molecule has 0 saturated carbocycles. The van der Waals surface area contributed by atoms with E-state index in [2.05, 4.69) is 74.6 Å². The van der Waals surface area contributed by atoms with E-state index in [9.17, 15) is 19.0 Å². The first kappa shape index (κ1) is 71.7. The molecule has 0 rings (SSSR count). The molecule has 74 heavy (non-hydrogen) atoms. The Hall–Kier alpha value is -2.29. The maximum Gasteiger partial charge on any atom is 0.472 e. The minimum absolute atomic E-state index is 0.0534. The number of carbonyl (C=O) groups excluding carboxylic acids is 2. The third kappa shape index (κ3) is 59.0. The average Bonchev–Trinajstić information content (AvgIpc) is 3.39. The van der Waals surface area contributed by atoms with Gasteiger partial charge in [0.05, 0.1) is 13.2 Å². The Morgan fingerprint density at radius 2 is 0.743 bits per heavy atom. The second-order valence-electron chi connectivity index (χ2n) is 20.9. The number of esters is 2. The van der Waals surface area contributed by atoms with Crippen LogP contribution in [0.5, 0.6) is 0 Å². The van der Waals surface area contributed by atoms with Crippen LogP contribution in [0.15, 0.2) is 60.8 Å². The Morgan fingerprint density at radius 3 is 1.12 bits per heavy atom. The van der Waals surface area contributed by atoms with Crippen LogP contribution in [0.2, 0.25) is 0 Å². The van der Waals surface area contributed by atoms with Gasteiger partial charge in [0.15, 0.2) is 6.10 Å². The van der Waals surface area contributed by atoms with Gasteiger partial charge in [0.2, 0.25) is 0 Å². The number of allylic oxidation sites excluding steroid dienone is 10. The van der Waals surface area contributed by atoms with E-state index in [-0.39, 0.29) is 38.6 Å². The molecule has 0 aliphatic carbocycles. The van der Waals surface area contributed by atoms with Gasteiger partial charge in [-0.15, -0.1) is 0 Å². The zero-order valence-electron chi connectivity index (χ0n) is 48.3. The molecule has 2 unspecified atom stereocenters. The number of ether oxygens (including phenoxy) is 2. The molecular formula is C64H118NO8P. The predicted octanol–water partition coefficient (Wildman–Crippen LogP) is 19.9. The number of nitrogens with two attached hydrogens (primary N) is 1. The van der Waals surface area contributed by atoms with Crippen LogP contribution in [0.1, 0.15) is 303 Å². The molecule has 0 amide bonds. The van der Waals surface area contributed by atoms with Gasteiger partial charge in [0.25, 0.3) is 0 Å². The smallest absolute Gasteiger partial charge is 0.462 e. The quantitative estimate of drug-likeness (QED) is 0.0264. The Kier molecular flexibility index (Phi) is 58.1. The lowest BCUT2D eigenvalue weighted by molar-refractivity contribution is -0.161. The fourth-order valence-electron chi connectivity index (χ4n) is 9.04. The van der Waals surface area contributed by atoms with E-state index in [1.807, 2.05) is 0 Å². The van der Waals surface area contributed by atoms with E-state index in [1.165, 1.54) is 193 Å². The van der Waals surface area contributed by atoms with E-state index in [4.69, 9.17) is 24.3 Å². The Balaban J connectivity index is 3.75. The van der Waals surface area contributed by atoms with Crippen LogP contribution in [-0.4, -0.2) is 49.3 Å². The number of phosphoric ester groups is 1. The second kappa shape index (κ2) is 59.9. The second-order valence-corrected chi connectivity index (χ2v) is 22.3. The van der Waals surface area contributed by atoms with E-state index in [0.717, 1.165) is 77.0 Å². The van der Waals surface area contributed by atoms with Crippen molar-refractivity contribution in [2.24, 2.45) is 5.73 Å². The Bertz CT molecular complexity index is 1390. The molecule has 0 aliphatic heterocycles. The predicted molar refractivity (Wildman–Crippen MR) is 316 cm³/mol. The lowest BCUT2D eigenvalue weighted by Crippen LogP contribution is -2.29. The molecule has 0 aromatic carbocycles. The molecule has 0 fully saturated rings. The van der Waals surface area contributed by atoms with Gasteiger partial charge in [0, 0.05) is 19.4 Å². The summed E-state index contributed by atoms with van der Waals surface area (Å²) in [6.07, 6.45) is 76.0. The lowest BCUT2D eigenvalue weighted by Gasteiger charge is -2.19. The lowest BCUT2D eigenvalue weighted by atomic mass is 10.0. The van der Waals surface area contributed by atoms with E-state index in [0.29, 0.717) is 6.42 Å². The molecule has 10 heteroatoms.